The highest BCUT2D eigenvalue weighted by Crippen LogP contribution is 2.23. The molecule has 1 aromatic rings. The van der Waals surface area contributed by atoms with E-state index in [0.29, 0.717) is 6.42 Å². The Kier molecular flexibility index (Phi) is 6.84. The lowest BCUT2D eigenvalue weighted by Crippen LogP contribution is -2.49. The lowest BCUT2D eigenvalue weighted by molar-refractivity contribution is -0.122. The van der Waals surface area contributed by atoms with Crippen LogP contribution in [-0.2, 0) is 16.0 Å². The molecule has 0 fully saturated rings. The Labute approximate surface area is 142 Å². The molecular weight excluding hydrogens is 370 g/mol. The van der Waals surface area contributed by atoms with Crippen LogP contribution in [0.5, 0.6) is 0 Å². The first-order chi connectivity index (χ1) is 10.2. The number of nitrogens with zero attached hydrogens (tertiary/aromatic N) is 1. The minimum absolute atomic E-state index is 0.112. The summed E-state index contributed by atoms with van der Waals surface area (Å²) < 4.78 is 6.11. The molecule has 0 saturated carbocycles. The predicted molar refractivity (Wildman–Crippen MR) is 87.5 cm³/mol. The minimum Gasteiger partial charge on any atom is -0.444 e. The molecule has 8 heteroatoms. The first-order valence-corrected chi connectivity index (χ1v) is 8.20. The fraction of sp³-hybridized carbons (Fsp3) is 0.500. The number of nitriles is 1. The molecule has 0 aliphatic carbocycles. The van der Waals surface area contributed by atoms with Gasteiger partial charge in [-0.1, -0.05) is 0 Å². The lowest BCUT2D eigenvalue weighted by Gasteiger charge is -2.23. The zero-order valence-corrected chi connectivity index (χ0v) is 15.0. The van der Waals surface area contributed by atoms with Crippen molar-refractivity contribution in [1.29, 1.82) is 5.26 Å². The van der Waals surface area contributed by atoms with E-state index in [0.717, 1.165) is 8.66 Å². The van der Waals surface area contributed by atoms with Crippen LogP contribution in [0.4, 0.5) is 4.79 Å². The summed E-state index contributed by atoms with van der Waals surface area (Å²) in [5.74, 6) is -0.420. The van der Waals surface area contributed by atoms with Crippen molar-refractivity contribution < 1.29 is 14.3 Å². The van der Waals surface area contributed by atoms with Gasteiger partial charge < -0.3 is 15.4 Å². The van der Waals surface area contributed by atoms with E-state index in [1.54, 1.807) is 20.8 Å². The Morgan fingerprint density at radius 1 is 1.45 bits per heavy atom. The molecular formula is C14H18BrN3O3S. The second-order valence-electron chi connectivity index (χ2n) is 5.48. The molecule has 0 unspecified atom stereocenters. The van der Waals surface area contributed by atoms with Gasteiger partial charge in [-0.05, 0) is 48.8 Å². The lowest BCUT2D eigenvalue weighted by atomic mass is 10.1. The molecule has 0 spiro atoms. The smallest absolute Gasteiger partial charge is 0.408 e. The minimum atomic E-state index is -0.797. The Hall–Kier alpha value is -1.59. The summed E-state index contributed by atoms with van der Waals surface area (Å²) in [4.78, 5) is 24.9. The number of nitrogens with one attached hydrogen (secondary N) is 2. The molecule has 0 radical (unpaired) electrons. The van der Waals surface area contributed by atoms with E-state index >= 15 is 0 Å². The fourth-order valence-corrected chi connectivity index (χ4v) is 3.10. The monoisotopic (exact) mass is 387 g/mol. The van der Waals surface area contributed by atoms with Crippen LogP contribution in [0, 0.1) is 11.3 Å². The molecule has 1 atom stereocenters. The molecule has 1 aromatic heterocycles. The summed E-state index contributed by atoms with van der Waals surface area (Å²) in [6.45, 7) is 5.12. The van der Waals surface area contributed by atoms with Gasteiger partial charge in [-0.25, -0.2) is 4.79 Å². The Bertz CT molecular complexity index is 575. The highest BCUT2D eigenvalue weighted by molar-refractivity contribution is 9.11. The summed E-state index contributed by atoms with van der Waals surface area (Å²) in [7, 11) is 0. The largest absolute Gasteiger partial charge is 0.444 e. The zero-order valence-electron chi connectivity index (χ0n) is 12.6. The van der Waals surface area contributed by atoms with E-state index in [-0.39, 0.29) is 6.54 Å². The van der Waals surface area contributed by atoms with Gasteiger partial charge in [0, 0.05) is 11.3 Å². The van der Waals surface area contributed by atoms with E-state index in [9.17, 15) is 9.59 Å². The number of alkyl carbamates (subject to hydrolysis) is 1. The first kappa shape index (κ1) is 18.5. The van der Waals surface area contributed by atoms with Crippen LogP contribution in [0.3, 0.4) is 0 Å². The summed E-state index contributed by atoms with van der Waals surface area (Å²) >= 11 is 4.83. The number of ether oxygens (including phenoxy) is 1. The van der Waals surface area contributed by atoms with Crippen LogP contribution >= 0.6 is 27.3 Å². The number of halogens is 1. The van der Waals surface area contributed by atoms with Gasteiger partial charge in [-0.2, -0.15) is 5.26 Å². The van der Waals surface area contributed by atoms with Gasteiger partial charge in [0.05, 0.1) is 9.86 Å². The Morgan fingerprint density at radius 3 is 2.64 bits per heavy atom. The molecule has 2 amide bonds. The average Bonchev–Trinajstić information content (AvgIpc) is 2.78. The van der Waals surface area contributed by atoms with Crippen molar-refractivity contribution in [3.8, 4) is 6.07 Å². The highest BCUT2D eigenvalue weighted by atomic mass is 79.9. The molecule has 2 N–H and O–H groups in total. The summed E-state index contributed by atoms with van der Waals surface area (Å²) in [6.07, 6.45) is -0.340. The van der Waals surface area contributed by atoms with E-state index < -0.39 is 23.6 Å². The fourth-order valence-electron chi connectivity index (χ4n) is 1.57. The summed E-state index contributed by atoms with van der Waals surface area (Å²) in [5.41, 5.74) is -0.649. The maximum absolute atomic E-state index is 12.1. The number of carbonyl (C=O) groups is 2. The second kappa shape index (κ2) is 8.15. The highest BCUT2D eigenvalue weighted by Gasteiger charge is 2.25. The number of hydrogen-bond donors (Lipinski definition) is 2. The number of amides is 2. The molecule has 0 aromatic carbocycles. The first-order valence-electron chi connectivity index (χ1n) is 6.59. The Morgan fingerprint density at radius 2 is 2.14 bits per heavy atom. The predicted octanol–water partition coefficient (Wildman–Crippen LogP) is 2.59. The van der Waals surface area contributed by atoms with Gasteiger partial charge in [0.1, 0.15) is 18.2 Å². The molecule has 6 nitrogen and oxygen atoms in total. The van der Waals surface area contributed by atoms with Crippen molar-refractivity contribution in [2.24, 2.45) is 0 Å². The number of thiophene rings is 1. The third kappa shape index (κ3) is 6.91. The van der Waals surface area contributed by atoms with E-state index in [1.807, 2.05) is 18.2 Å². The van der Waals surface area contributed by atoms with E-state index in [4.69, 9.17) is 10.00 Å². The van der Waals surface area contributed by atoms with Crippen molar-refractivity contribution in [1.82, 2.24) is 10.6 Å². The normalized spacial score (nSPS) is 12.1. The van der Waals surface area contributed by atoms with Crippen LogP contribution in [0.2, 0.25) is 0 Å². The second-order valence-corrected chi connectivity index (χ2v) is 8.03. The average molecular weight is 388 g/mol. The molecule has 1 rings (SSSR count). The standard InChI is InChI=1S/C14H18BrN3O3S/c1-14(2,3)21-13(20)18-10(12(19)17-7-6-16)8-9-4-5-11(15)22-9/h4-5,10H,7-8H2,1-3H3,(H,17,19)(H,18,20)/t10-/m0/s1. The third-order valence-electron chi connectivity index (χ3n) is 2.38. The maximum Gasteiger partial charge on any atom is 0.408 e. The number of carbonyl (C=O) groups excluding carboxylic acids is 2. The van der Waals surface area contributed by atoms with Gasteiger partial charge in [0.25, 0.3) is 0 Å². The van der Waals surface area contributed by atoms with Crippen molar-refractivity contribution >= 4 is 39.3 Å². The summed E-state index contributed by atoms with van der Waals surface area (Å²) in [6, 6.07) is 4.78. The van der Waals surface area contributed by atoms with E-state index in [2.05, 4.69) is 26.6 Å². The third-order valence-corrected chi connectivity index (χ3v) is 4.03. The summed E-state index contributed by atoms with van der Waals surface area (Å²) in [5, 5.41) is 13.5. The molecule has 120 valence electrons. The van der Waals surface area contributed by atoms with Gasteiger partial charge in [0.15, 0.2) is 0 Å². The Balaban J connectivity index is 2.75. The van der Waals surface area contributed by atoms with E-state index in [1.165, 1.54) is 11.3 Å². The van der Waals surface area contributed by atoms with Crippen molar-refractivity contribution in [2.75, 3.05) is 6.54 Å². The van der Waals surface area contributed by atoms with Gasteiger partial charge in [0.2, 0.25) is 5.91 Å². The van der Waals surface area contributed by atoms with Gasteiger partial charge >= 0.3 is 6.09 Å². The van der Waals surface area contributed by atoms with Crippen molar-refractivity contribution in [2.45, 2.75) is 38.8 Å². The number of hydrogen-bond acceptors (Lipinski definition) is 5. The van der Waals surface area contributed by atoms with Gasteiger partial charge in [-0.3, -0.25) is 4.79 Å². The molecule has 0 aliphatic rings. The maximum atomic E-state index is 12.1. The topological polar surface area (TPSA) is 91.2 Å². The van der Waals surface area contributed by atoms with Crippen molar-refractivity contribution in [3.05, 3.63) is 20.8 Å². The van der Waals surface area contributed by atoms with Crippen molar-refractivity contribution in [3.63, 3.8) is 0 Å². The van der Waals surface area contributed by atoms with Gasteiger partial charge in [-0.15, -0.1) is 11.3 Å². The SMILES string of the molecule is CC(C)(C)OC(=O)N[C@@H](Cc1ccc(Br)s1)C(=O)NCC#N. The van der Waals surface area contributed by atoms with Crippen LogP contribution in [0.25, 0.3) is 0 Å². The number of rotatable bonds is 5. The molecule has 1 heterocycles. The zero-order chi connectivity index (χ0) is 16.8. The van der Waals surface area contributed by atoms with Crippen LogP contribution in [0.1, 0.15) is 25.6 Å². The van der Waals surface area contributed by atoms with Crippen LogP contribution < -0.4 is 10.6 Å². The molecule has 22 heavy (non-hydrogen) atoms. The van der Waals surface area contributed by atoms with Crippen LogP contribution in [0.15, 0.2) is 15.9 Å². The molecule has 0 aliphatic heterocycles. The quantitative estimate of drug-likeness (QED) is 0.759. The van der Waals surface area contributed by atoms with Crippen LogP contribution in [-0.4, -0.2) is 30.2 Å². The molecule has 0 bridgehead atoms. The molecule has 0 saturated heterocycles.